The van der Waals surface area contributed by atoms with Crippen LogP contribution in [0.15, 0.2) is 35.3 Å². The second-order valence-electron chi connectivity index (χ2n) is 3.64. The van der Waals surface area contributed by atoms with Crippen LogP contribution in [0.25, 0.3) is 0 Å². The van der Waals surface area contributed by atoms with Gasteiger partial charge in [0.15, 0.2) is 0 Å². The van der Waals surface area contributed by atoms with Gasteiger partial charge < -0.3 is 10.2 Å². The summed E-state index contributed by atoms with van der Waals surface area (Å²) >= 11 is 0. The minimum atomic E-state index is -0.514. The number of anilines is 1. The first-order valence-electron chi connectivity index (χ1n) is 5.11. The first-order chi connectivity index (χ1) is 8.15. The quantitative estimate of drug-likeness (QED) is 0.746. The Labute approximate surface area is 98.3 Å². The molecule has 0 bridgehead atoms. The minimum Gasteiger partial charge on any atom is -0.336 e. The molecule has 0 spiro atoms. The smallest absolute Gasteiger partial charge is 0.336 e. The summed E-state index contributed by atoms with van der Waals surface area (Å²) in [5.74, 6) is 0.0993. The molecule has 1 aliphatic rings. The lowest BCUT2D eigenvalue weighted by Gasteiger charge is -2.08. The first kappa shape index (κ1) is 11.1. The summed E-state index contributed by atoms with van der Waals surface area (Å²) in [4.78, 5) is 27.9. The van der Waals surface area contributed by atoms with Crippen LogP contribution in [0, 0.1) is 0 Å². The predicted octanol–water partition coefficient (Wildman–Crippen LogP) is 0.636. The number of carbonyl (C=O) groups is 2. The van der Waals surface area contributed by atoms with E-state index in [-0.39, 0.29) is 18.4 Å². The van der Waals surface area contributed by atoms with Crippen LogP contribution in [0.2, 0.25) is 0 Å². The Kier molecular flexibility index (Phi) is 3.04. The number of hydrogen-bond acceptors (Lipinski definition) is 2. The maximum atomic E-state index is 11.5. The van der Waals surface area contributed by atoms with Crippen molar-refractivity contribution in [1.82, 2.24) is 10.2 Å². The minimum absolute atomic E-state index is 0.168. The van der Waals surface area contributed by atoms with E-state index in [4.69, 9.17) is 0 Å². The van der Waals surface area contributed by atoms with Crippen molar-refractivity contribution in [1.29, 1.82) is 0 Å². The van der Waals surface area contributed by atoms with Gasteiger partial charge in [-0.1, -0.05) is 18.2 Å². The highest BCUT2D eigenvalue weighted by molar-refractivity contribution is 6.09. The lowest BCUT2D eigenvalue weighted by molar-refractivity contribution is -0.118. The van der Waals surface area contributed by atoms with E-state index in [2.05, 4.69) is 15.6 Å². The third-order valence-electron chi connectivity index (χ3n) is 2.23. The molecule has 3 amide bonds. The van der Waals surface area contributed by atoms with E-state index in [0.717, 1.165) is 0 Å². The van der Waals surface area contributed by atoms with E-state index in [0.29, 0.717) is 5.69 Å². The van der Waals surface area contributed by atoms with Gasteiger partial charge in [-0.25, -0.2) is 4.79 Å². The first-order valence-corrected chi connectivity index (χ1v) is 5.11. The average Bonchev–Trinajstić information content (AvgIpc) is 2.58. The highest BCUT2D eigenvalue weighted by Crippen LogP contribution is 2.05. The molecule has 6 nitrogen and oxygen atoms in total. The fourth-order valence-corrected chi connectivity index (χ4v) is 1.43. The number of nitrogens with zero attached hydrogens (tertiary/aromatic N) is 2. The van der Waals surface area contributed by atoms with Crippen LogP contribution < -0.4 is 10.6 Å². The summed E-state index contributed by atoms with van der Waals surface area (Å²) in [6, 6.07) is 8.48. The largest absolute Gasteiger partial charge is 0.348 e. The number of para-hydroxylation sites is 1. The Morgan fingerprint density at radius 3 is 2.71 bits per heavy atom. The summed E-state index contributed by atoms with van der Waals surface area (Å²) in [6.45, 7) is 0.220. The molecule has 2 N–H and O–H groups in total. The van der Waals surface area contributed by atoms with E-state index in [1.54, 1.807) is 24.1 Å². The molecular weight excluding hydrogens is 220 g/mol. The molecule has 1 saturated heterocycles. The Hall–Kier alpha value is -2.37. The fraction of sp³-hybridized carbons (Fsp3) is 0.182. The van der Waals surface area contributed by atoms with Crippen molar-refractivity contribution in [3.63, 3.8) is 0 Å². The number of amides is 3. The third-order valence-corrected chi connectivity index (χ3v) is 2.23. The molecule has 0 radical (unpaired) electrons. The number of carbonyl (C=O) groups excluding carboxylic acids is 2. The van der Waals surface area contributed by atoms with Crippen LogP contribution in [-0.4, -0.2) is 36.4 Å². The van der Waals surface area contributed by atoms with Crippen molar-refractivity contribution in [2.75, 3.05) is 18.9 Å². The molecule has 17 heavy (non-hydrogen) atoms. The second-order valence-corrected chi connectivity index (χ2v) is 3.64. The standard InChI is InChI=1S/C11H12N4O2/c1-15-7-9(16)13-10(15)14-11(17)12-8-5-3-2-4-6-8/h2-6H,7H2,1H3,(H2,12,13,14,16,17). The molecule has 6 heteroatoms. The zero-order valence-corrected chi connectivity index (χ0v) is 9.30. The molecule has 0 atom stereocenters. The van der Waals surface area contributed by atoms with Gasteiger partial charge in [0.2, 0.25) is 11.9 Å². The number of nitrogens with one attached hydrogen (secondary N) is 2. The molecular formula is C11H12N4O2. The van der Waals surface area contributed by atoms with E-state index in [1.165, 1.54) is 0 Å². The Bertz CT molecular complexity index is 470. The zero-order chi connectivity index (χ0) is 12.3. The summed E-state index contributed by atoms with van der Waals surface area (Å²) in [7, 11) is 1.69. The van der Waals surface area contributed by atoms with Gasteiger partial charge in [-0.3, -0.25) is 10.1 Å². The van der Waals surface area contributed by atoms with E-state index in [9.17, 15) is 9.59 Å². The molecule has 1 aromatic carbocycles. The molecule has 0 aromatic heterocycles. The molecule has 0 saturated carbocycles. The van der Waals surface area contributed by atoms with Crippen LogP contribution in [0.4, 0.5) is 10.5 Å². The monoisotopic (exact) mass is 232 g/mol. The van der Waals surface area contributed by atoms with Crippen LogP contribution in [0.3, 0.4) is 0 Å². The van der Waals surface area contributed by atoms with Gasteiger partial charge in [0.05, 0.1) is 6.54 Å². The van der Waals surface area contributed by atoms with Crippen molar-refractivity contribution in [2.45, 2.75) is 0 Å². The highest BCUT2D eigenvalue weighted by atomic mass is 16.2. The van der Waals surface area contributed by atoms with Crippen molar-refractivity contribution < 1.29 is 9.59 Å². The van der Waals surface area contributed by atoms with E-state index < -0.39 is 6.03 Å². The highest BCUT2D eigenvalue weighted by Gasteiger charge is 2.22. The Morgan fingerprint density at radius 2 is 2.12 bits per heavy atom. The molecule has 2 rings (SSSR count). The Balaban J connectivity index is 2.02. The molecule has 88 valence electrons. The maximum absolute atomic E-state index is 11.5. The van der Waals surface area contributed by atoms with Crippen molar-refractivity contribution in [2.24, 2.45) is 4.99 Å². The summed E-state index contributed by atoms with van der Waals surface area (Å²) in [6.07, 6.45) is 0. The topological polar surface area (TPSA) is 73.8 Å². The number of hydrogen-bond donors (Lipinski definition) is 2. The number of rotatable bonds is 1. The molecule has 1 fully saturated rings. The molecule has 0 aliphatic carbocycles. The maximum Gasteiger partial charge on any atom is 0.348 e. The average molecular weight is 232 g/mol. The summed E-state index contributed by atoms with van der Waals surface area (Å²) in [5.41, 5.74) is 0.661. The SMILES string of the molecule is CN1CC(=O)NC1=NC(=O)Nc1ccccc1. The van der Waals surface area contributed by atoms with Gasteiger partial charge in [0.1, 0.15) is 0 Å². The van der Waals surface area contributed by atoms with Gasteiger partial charge in [0, 0.05) is 12.7 Å². The number of likely N-dealkylation sites (N-methyl/N-ethyl adjacent to an activating group) is 1. The number of guanidine groups is 1. The van der Waals surface area contributed by atoms with Gasteiger partial charge in [-0.05, 0) is 12.1 Å². The molecule has 0 unspecified atom stereocenters. The number of benzene rings is 1. The predicted molar refractivity (Wildman–Crippen MR) is 63.7 cm³/mol. The normalized spacial score (nSPS) is 17.1. The third kappa shape index (κ3) is 2.81. The van der Waals surface area contributed by atoms with Crippen LogP contribution in [0.1, 0.15) is 0 Å². The summed E-state index contributed by atoms with van der Waals surface area (Å²) in [5, 5.41) is 5.10. The molecule has 1 aromatic rings. The van der Waals surface area contributed by atoms with Crippen molar-refractivity contribution in [3.8, 4) is 0 Å². The lowest BCUT2D eigenvalue weighted by atomic mass is 10.3. The van der Waals surface area contributed by atoms with Gasteiger partial charge in [-0.15, -0.1) is 0 Å². The van der Waals surface area contributed by atoms with Crippen molar-refractivity contribution >= 4 is 23.6 Å². The summed E-state index contributed by atoms with van der Waals surface area (Å²) < 4.78 is 0. The van der Waals surface area contributed by atoms with Crippen LogP contribution in [0.5, 0.6) is 0 Å². The molecule has 1 heterocycles. The van der Waals surface area contributed by atoms with Crippen LogP contribution >= 0.6 is 0 Å². The van der Waals surface area contributed by atoms with Gasteiger partial charge in [0.25, 0.3) is 0 Å². The zero-order valence-electron chi connectivity index (χ0n) is 9.30. The van der Waals surface area contributed by atoms with Gasteiger partial charge in [-0.2, -0.15) is 4.99 Å². The molecule has 1 aliphatic heterocycles. The number of aliphatic imine (C=N–C) groups is 1. The van der Waals surface area contributed by atoms with Crippen LogP contribution in [-0.2, 0) is 4.79 Å². The number of urea groups is 1. The fourth-order valence-electron chi connectivity index (χ4n) is 1.43. The Morgan fingerprint density at radius 1 is 1.41 bits per heavy atom. The van der Waals surface area contributed by atoms with E-state index >= 15 is 0 Å². The van der Waals surface area contributed by atoms with Gasteiger partial charge >= 0.3 is 6.03 Å². The second kappa shape index (κ2) is 4.65. The lowest BCUT2D eigenvalue weighted by Crippen LogP contribution is -2.29. The van der Waals surface area contributed by atoms with E-state index in [1.807, 2.05) is 18.2 Å². The van der Waals surface area contributed by atoms with Crippen molar-refractivity contribution in [3.05, 3.63) is 30.3 Å².